The summed E-state index contributed by atoms with van der Waals surface area (Å²) < 4.78 is 0. The number of likely N-dealkylation sites (N-methyl/N-ethyl adjacent to an activating group) is 1. The van der Waals surface area contributed by atoms with Gasteiger partial charge in [0.2, 0.25) is 0 Å². The van der Waals surface area contributed by atoms with Gasteiger partial charge in [-0.05, 0) is 51.6 Å². The molecule has 0 spiro atoms. The lowest BCUT2D eigenvalue weighted by Gasteiger charge is -2.22. The van der Waals surface area contributed by atoms with Gasteiger partial charge in [-0.25, -0.2) is 0 Å². The van der Waals surface area contributed by atoms with Crippen molar-refractivity contribution in [2.75, 3.05) is 26.0 Å². The van der Waals surface area contributed by atoms with Crippen molar-refractivity contribution < 1.29 is 9.90 Å². The first-order chi connectivity index (χ1) is 12.9. The molecule has 3 atom stereocenters. The van der Waals surface area contributed by atoms with E-state index in [1.165, 1.54) is 0 Å². The van der Waals surface area contributed by atoms with Gasteiger partial charge in [-0.1, -0.05) is 30.7 Å². The molecule has 0 radical (unpaired) electrons. The van der Waals surface area contributed by atoms with E-state index >= 15 is 0 Å². The van der Waals surface area contributed by atoms with Crippen molar-refractivity contribution in [3.05, 3.63) is 35.7 Å². The fraction of sp³-hybridized carbons (Fsp3) is 0.579. The van der Waals surface area contributed by atoms with Gasteiger partial charge in [-0.3, -0.25) is 4.79 Å². The van der Waals surface area contributed by atoms with E-state index in [2.05, 4.69) is 51.9 Å². The first-order valence-corrected chi connectivity index (χ1v) is 9.37. The normalized spacial score (nSPS) is 14.7. The van der Waals surface area contributed by atoms with Crippen LogP contribution in [0.15, 0.2) is 24.3 Å². The van der Waals surface area contributed by atoms with Crippen molar-refractivity contribution in [2.24, 2.45) is 5.92 Å². The summed E-state index contributed by atoms with van der Waals surface area (Å²) in [7, 11) is 4.10. The third-order valence-electron chi connectivity index (χ3n) is 4.56. The Kier molecular flexibility index (Phi) is 7.72. The van der Waals surface area contributed by atoms with E-state index < -0.39 is 11.9 Å². The van der Waals surface area contributed by atoms with Gasteiger partial charge in [-0.15, -0.1) is 10.2 Å². The third kappa shape index (κ3) is 6.32. The number of aromatic amines is 1. The zero-order valence-corrected chi connectivity index (χ0v) is 16.5. The smallest absolute Gasteiger partial charge is 0.307 e. The van der Waals surface area contributed by atoms with Gasteiger partial charge in [0.1, 0.15) is 0 Å². The lowest BCUT2D eigenvalue weighted by Crippen LogP contribution is -2.29. The number of tetrazole rings is 1. The molecule has 0 saturated heterocycles. The number of rotatable bonds is 11. The Morgan fingerprint density at radius 2 is 2.00 bits per heavy atom. The fourth-order valence-corrected chi connectivity index (χ4v) is 3.42. The first kappa shape index (κ1) is 20.8. The molecule has 1 heterocycles. The van der Waals surface area contributed by atoms with Crippen LogP contribution in [-0.2, 0) is 11.2 Å². The van der Waals surface area contributed by atoms with E-state index in [0.717, 1.165) is 24.2 Å². The monoisotopic (exact) mass is 374 g/mol. The van der Waals surface area contributed by atoms with Crippen molar-refractivity contribution in [1.29, 1.82) is 0 Å². The van der Waals surface area contributed by atoms with Crippen LogP contribution in [0.1, 0.15) is 44.0 Å². The summed E-state index contributed by atoms with van der Waals surface area (Å²) in [4.78, 5) is 13.9. The molecule has 1 unspecified atom stereocenters. The predicted octanol–water partition coefficient (Wildman–Crippen LogP) is 2.39. The number of anilines is 1. The number of aliphatic carboxylic acids is 1. The van der Waals surface area contributed by atoms with E-state index in [0.29, 0.717) is 24.7 Å². The van der Waals surface area contributed by atoms with E-state index in [4.69, 9.17) is 0 Å². The molecule has 148 valence electrons. The van der Waals surface area contributed by atoms with E-state index in [-0.39, 0.29) is 5.92 Å². The van der Waals surface area contributed by atoms with Gasteiger partial charge < -0.3 is 15.3 Å². The minimum absolute atomic E-state index is 0.312. The van der Waals surface area contributed by atoms with Gasteiger partial charge in [0, 0.05) is 24.2 Å². The quantitative estimate of drug-likeness (QED) is 0.554. The molecular weight excluding hydrogens is 344 g/mol. The summed E-state index contributed by atoms with van der Waals surface area (Å²) >= 11 is 0. The van der Waals surface area contributed by atoms with Crippen molar-refractivity contribution >= 4 is 11.7 Å². The van der Waals surface area contributed by atoms with Gasteiger partial charge in [-0.2, -0.15) is 5.21 Å². The number of H-pyrrole nitrogens is 1. The maximum atomic E-state index is 11.8. The predicted molar refractivity (Wildman–Crippen MR) is 105 cm³/mol. The summed E-state index contributed by atoms with van der Waals surface area (Å²) in [5, 5.41) is 27.3. The van der Waals surface area contributed by atoms with E-state index in [1.54, 1.807) is 0 Å². The molecule has 0 amide bonds. The van der Waals surface area contributed by atoms with Gasteiger partial charge in [0.05, 0.1) is 5.92 Å². The second-order valence-corrected chi connectivity index (χ2v) is 7.32. The number of hydrogen-bond acceptors (Lipinski definition) is 6. The van der Waals surface area contributed by atoms with Crippen molar-refractivity contribution in [3.8, 4) is 0 Å². The van der Waals surface area contributed by atoms with Crippen LogP contribution < -0.4 is 5.32 Å². The molecule has 1 aromatic heterocycles. The molecule has 8 heteroatoms. The van der Waals surface area contributed by atoms with Crippen LogP contribution in [0, 0.1) is 5.92 Å². The average molecular weight is 374 g/mol. The van der Waals surface area contributed by atoms with Gasteiger partial charge in [0.15, 0.2) is 5.82 Å². The highest BCUT2D eigenvalue weighted by molar-refractivity contribution is 5.71. The number of nitrogens with one attached hydrogen (secondary N) is 2. The highest BCUT2D eigenvalue weighted by Gasteiger charge is 2.31. The van der Waals surface area contributed by atoms with Gasteiger partial charge in [0.25, 0.3) is 0 Å². The number of benzene rings is 1. The second-order valence-electron chi connectivity index (χ2n) is 7.32. The molecule has 2 rings (SSSR count). The lowest BCUT2D eigenvalue weighted by molar-refractivity contribution is -0.142. The van der Waals surface area contributed by atoms with Crippen LogP contribution in [0.5, 0.6) is 0 Å². The highest BCUT2D eigenvalue weighted by atomic mass is 16.4. The maximum Gasteiger partial charge on any atom is 0.307 e. The third-order valence-corrected chi connectivity index (χ3v) is 4.56. The summed E-state index contributed by atoms with van der Waals surface area (Å²) in [6.07, 6.45) is 1.93. The van der Waals surface area contributed by atoms with Crippen LogP contribution in [0.25, 0.3) is 0 Å². The number of aromatic nitrogens is 4. The second kappa shape index (κ2) is 10.0. The number of carboxylic acid groups (broad SMARTS) is 1. The topological polar surface area (TPSA) is 107 Å². The Morgan fingerprint density at radius 1 is 1.30 bits per heavy atom. The Hall–Kier alpha value is -2.48. The Balaban J connectivity index is 2.12. The summed E-state index contributed by atoms with van der Waals surface area (Å²) in [6, 6.07) is 8.46. The minimum Gasteiger partial charge on any atom is -0.481 e. The standard InChI is InChI=1S/C19H30N6O2/c1-5-6-16(19(26)27)17(18-21-23-24-22-18)11-14-7-9-15(10-8-14)20-13(2)12-25(3)4/h7-10,13,16-17,20H,5-6,11-12H2,1-4H3,(H,26,27)(H,21,22,23,24)/t13?,16-,17-/m0/s1. The molecule has 1 aromatic carbocycles. The number of hydrogen-bond donors (Lipinski definition) is 3. The molecule has 3 N–H and O–H groups in total. The number of carbonyl (C=O) groups is 1. The highest BCUT2D eigenvalue weighted by Crippen LogP contribution is 2.30. The van der Waals surface area contributed by atoms with Crippen LogP contribution in [0.3, 0.4) is 0 Å². The minimum atomic E-state index is -0.817. The lowest BCUT2D eigenvalue weighted by atomic mass is 9.83. The van der Waals surface area contributed by atoms with Crippen LogP contribution >= 0.6 is 0 Å². The molecule has 2 aromatic rings. The molecule has 27 heavy (non-hydrogen) atoms. The summed E-state index contributed by atoms with van der Waals surface area (Å²) in [6.45, 7) is 5.07. The van der Waals surface area contributed by atoms with Crippen molar-refractivity contribution in [1.82, 2.24) is 25.5 Å². The first-order valence-electron chi connectivity index (χ1n) is 9.37. The zero-order chi connectivity index (χ0) is 19.8. The van der Waals surface area contributed by atoms with Gasteiger partial charge >= 0.3 is 5.97 Å². The molecular formula is C19H30N6O2. The Bertz CT molecular complexity index is 687. The maximum absolute atomic E-state index is 11.8. The molecule has 0 aliphatic heterocycles. The summed E-state index contributed by atoms with van der Waals surface area (Å²) in [5.41, 5.74) is 2.10. The van der Waals surface area contributed by atoms with E-state index in [9.17, 15) is 9.90 Å². The Labute approximate surface area is 160 Å². The van der Waals surface area contributed by atoms with Crippen molar-refractivity contribution in [3.63, 3.8) is 0 Å². The molecule has 0 bridgehead atoms. The van der Waals surface area contributed by atoms with Crippen LogP contribution in [0.4, 0.5) is 5.69 Å². The number of carboxylic acids is 1. The molecule has 0 saturated carbocycles. The molecule has 8 nitrogen and oxygen atoms in total. The Morgan fingerprint density at radius 3 is 2.52 bits per heavy atom. The van der Waals surface area contributed by atoms with Crippen LogP contribution in [0.2, 0.25) is 0 Å². The largest absolute Gasteiger partial charge is 0.481 e. The molecule has 0 aliphatic rings. The average Bonchev–Trinajstić information content (AvgIpc) is 3.13. The zero-order valence-electron chi connectivity index (χ0n) is 16.5. The van der Waals surface area contributed by atoms with Crippen molar-refractivity contribution in [2.45, 2.75) is 45.1 Å². The molecule has 0 fully saturated rings. The SMILES string of the molecule is CCC[C@H](C(=O)O)[C@H](Cc1ccc(NC(C)CN(C)C)cc1)c1nn[nH]n1. The number of nitrogens with zero attached hydrogens (tertiary/aromatic N) is 4. The molecule has 0 aliphatic carbocycles. The fourth-order valence-electron chi connectivity index (χ4n) is 3.42. The van der Waals surface area contributed by atoms with E-state index in [1.807, 2.05) is 31.2 Å². The summed E-state index contributed by atoms with van der Waals surface area (Å²) in [5.74, 6) is -1.21. The van der Waals surface area contributed by atoms with Crippen LogP contribution in [-0.4, -0.2) is 63.3 Å².